The van der Waals surface area contributed by atoms with Crippen LogP contribution in [0.25, 0.3) is 0 Å². The minimum absolute atomic E-state index is 0.0269. The van der Waals surface area contributed by atoms with Gasteiger partial charge in [-0.05, 0) is 6.92 Å². The molecule has 72 valence electrons. The smallest absolute Gasteiger partial charge is 0.370 e. The summed E-state index contributed by atoms with van der Waals surface area (Å²) in [6.07, 6.45) is 0. The van der Waals surface area contributed by atoms with Gasteiger partial charge in [0, 0.05) is 0 Å². The number of phosphoric acid groups is 1. The number of rotatable bonds is 4. The van der Waals surface area contributed by atoms with Gasteiger partial charge in [0.2, 0.25) is 0 Å². The number of hydrogen-bond donors (Lipinski definition) is 1. The predicted molar refractivity (Wildman–Crippen MR) is 42.4 cm³/mol. The molecule has 0 heterocycles. The van der Waals surface area contributed by atoms with Crippen LogP contribution in [0.15, 0.2) is 0 Å². The zero-order chi connectivity index (χ0) is 9.78. The molecule has 0 aliphatic carbocycles. The first-order valence-electron chi connectivity index (χ1n) is 3.60. The Labute approximate surface area is 71.3 Å². The number of hydrogen-bond acceptors (Lipinski definition) is 4. The van der Waals surface area contributed by atoms with Gasteiger partial charge in [-0.1, -0.05) is 13.8 Å². The van der Waals surface area contributed by atoms with E-state index in [9.17, 15) is 9.36 Å². The summed E-state index contributed by atoms with van der Waals surface area (Å²) < 4.78 is 19.3. The Hall–Kier alpha value is -0.380. The molecule has 1 N–H and O–H groups in total. The second-order valence-electron chi connectivity index (χ2n) is 2.45. The van der Waals surface area contributed by atoms with Gasteiger partial charge in [0.1, 0.15) is 0 Å². The normalized spacial score (nSPS) is 15.8. The highest BCUT2D eigenvalue weighted by Crippen LogP contribution is 2.43. The zero-order valence-corrected chi connectivity index (χ0v) is 8.21. The Balaban J connectivity index is 4.06. The van der Waals surface area contributed by atoms with Crippen molar-refractivity contribution in [3.63, 3.8) is 0 Å². The standard InChI is InChI=1S/C6H13O5P/c1-4-10-12(8,9)11-6(7)5(2)3/h5H,4H2,1-3H3,(H,8,9). The van der Waals surface area contributed by atoms with Crippen LogP contribution < -0.4 is 0 Å². The first kappa shape index (κ1) is 11.6. The predicted octanol–water partition coefficient (Wildman–Crippen LogP) is 1.32. The average Bonchev–Trinajstić information content (AvgIpc) is 1.85. The molecule has 0 rings (SSSR count). The summed E-state index contributed by atoms with van der Waals surface area (Å²) in [5.74, 6) is -1.18. The van der Waals surface area contributed by atoms with Gasteiger partial charge < -0.3 is 4.52 Å². The maximum absolute atomic E-state index is 10.8. The molecular formula is C6H13O5P. The SMILES string of the molecule is CCOP(=O)(O)OC(=O)C(C)C. The summed E-state index contributed by atoms with van der Waals surface area (Å²) in [4.78, 5) is 19.6. The molecule has 0 aromatic heterocycles. The zero-order valence-electron chi connectivity index (χ0n) is 7.31. The highest BCUT2D eigenvalue weighted by molar-refractivity contribution is 7.48. The summed E-state index contributed by atoms with van der Waals surface area (Å²) >= 11 is 0. The van der Waals surface area contributed by atoms with E-state index in [1.54, 1.807) is 13.8 Å². The van der Waals surface area contributed by atoms with Crippen molar-refractivity contribution in [1.29, 1.82) is 0 Å². The molecule has 1 atom stereocenters. The van der Waals surface area contributed by atoms with Gasteiger partial charge in [0.25, 0.3) is 0 Å². The van der Waals surface area contributed by atoms with E-state index in [1.807, 2.05) is 0 Å². The lowest BCUT2D eigenvalue weighted by molar-refractivity contribution is -0.139. The van der Waals surface area contributed by atoms with E-state index in [-0.39, 0.29) is 6.61 Å². The van der Waals surface area contributed by atoms with E-state index < -0.39 is 19.7 Å². The lowest BCUT2D eigenvalue weighted by Crippen LogP contribution is -2.10. The molecule has 5 nitrogen and oxygen atoms in total. The Morgan fingerprint density at radius 2 is 2.08 bits per heavy atom. The summed E-state index contributed by atoms with van der Waals surface area (Å²) in [7, 11) is -4.15. The van der Waals surface area contributed by atoms with Gasteiger partial charge >= 0.3 is 13.8 Å². The van der Waals surface area contributed by atoms with E-state index in [4.69, 9.17) is 4.89 Å². The molecule has 0 aromatic carbocycles. The van der Waals surface area contributed by atoms with Crippen molar-refractivity contribution in [3.8, 4) is 0 Å². The number of phosphoric ester groups is 1. The highest BCUT2D eigenvalue weighted by Gasteiger charge is 2.26. The van der Waals surface area contributed by atoms with Gasteiger partial charge in [0.15, 0.2) is 0 Å². The molecule has 0 amide bonds. The fourth-order valence-electron chi connectivity index (χ4n) is 0.409. The second-order valence-corrected chi connectivity index (χ2v) is 3.83. The molecule has 0 saturated heterocycles. The van der Waals surface area contributed by atoms with Crippen LogP contribution in [0.5, 0.6) is 0 Å². The van der Waals surface area contributed by atoms with Crippen molar-refractivity contribution in [2.45, 2.75) is 20.8 Å². The lowest BCUT2D eigenvalue weighted by Gasteiger charge is -2.11. The van der Waals surface area contributed by atoms with Crippen LogP contribution in [0.2, 0.25) is 0 Å². The molecule has 0 aromatic rings. The van der Waals surface area contributed by atoms with Crippen LogP contribution in [0.3, 0.4) is 0 Å². The van der Waals surface area contributed by atoms with Gasteiger partial charge in [-0.15, -0.1) is 0 Å². The van der Waals surface area contributed by atoms with Gasteiger partial charge in [-0.2, -0.15) is 0 Å². The molecule has 12 heavy (non-hydrogen) atoms. The molecule has 0 radical (unpaired) electrons. The Morgan fingerprint density at radius 1 is 1.58 bits per heavy atom. The summed E-state index contributed by atoms with van der Waals surface area (Å²) in [5, 5.41) is 0. The van der Waals surface area contributed by atoms with Gasteiger partial charge in [-0.3, -0.25) is 14.2 Å². The largest absolute Gasteiger partial charge is 0.529 e. The van der Waals surface area contributed by atoms with Gasteiger partial charge in [-0.25, -0.2) is 4.57 Å². The van der Waals surface area contributed by atoms with Crippen molar-refractivity contribution in [1.82, 2.24) is 0 Å². The monoisotopic (exact) mass is 196 g/mol. The van der Waals surface area contributed by atoms with Crippen molar-refractivity contribution < 1.29 is 23.3 Å². The molecule has 0 saturated carbocycles. The lowest BCUT2D eigenvalue weighted by atomic mass is 10.2. The van der Waals surface area contributed by atoms with Crippen LogP contribution in [0.4, 0.5) is 0 Å². The molecular weight excluding hydrogens is 183 g/mol. The van der Waals surface area contributed by atoms with E-state index >= 15 is 0 Å². The van der Waals surface area contributed by atoms with Crippen LogP contribution in [0, 0.1) is 5.92 Å². The molecule has 0 aliphatic heterocycles. The molecule has 0 bridgehead atoms. The van der Waals surface area contributed by atoms with Crippen molar-refractivity contribution in [2.75, 3.05) is 6.61 Å². The third-order valence-electron chi connectivity index (χ3n) is 0.969. The topological polar surface area (TPSA) is 72.8 Å². The molecule has 1 unspecified atom stereocenters. The fraction of sp³-hybridized carbons (Fsp3) is 0.833. The van der Waals surface area contributed by atoms with Crippen molar-refractivity contribution >= 4 is 13.8 Å². The number of carbonyl (C=O) groups is 1. The number of carbonyl (C=O) groups excluding carboxylic acids is 1. The third kappa shape index (κ3) is 4.49. The van der Waals surface area contributed by atoms with Crippen molar-refractivity contribution in [2.24, 2.45) is 5.92 Å². The second kappa shape index (κ2) is 4.60. The first-order valence-corrected chi connectivity index (χ1v) is 5.09. The molecule has 0 spiro atoms. The summed E-state index contributed by atoms with van der Waals surface area (Å²) in [6, 6.07) is 0. The van der Waals surface area contributed by atoms with E-state index in [0.717, 1.165) is 0 Å². The van der Waals surface area contributed by atoms with E-state index in [1.165, 1.54) is 6.92 Å². The average molecular weight is 196 g/mol. The van der Waals surface area contributed by atoms with Gasteiger partial charge in [0.05, 0.1) is 12.5 Å². The van der Waals surface area contributed by atoms with Crippen LogP contribution in [0.1, 0.15) is 20.8 Å². The van der Waals surface area contributed by atoms with E-state index in [0.29, 0.717) is 0 Å². The molecule has 0 aliphatic rings. The first-order chi connectivity index (χ1) is 5.39. The molecule has 6 heteroatoms. The Morgan fingerprint density at radius 3 is 2.42 bits per heavy atom. The van der Waals surface area contributed by atoms with Crippen LogP contribution >= 0.6 is 7.82 Å². The minimum Gasteiger partial charge on any atom is -0.370 e. The maximum Gasteiger partial charge on any atom is 0.529 e. The Kier molecular flexibility index (Phi) is 4.45. The molecule has 0 fully saturated rings. The van der Waals surface area contributed by atoms with Crippen molar-refractivity contribution in [3.05, 3.63) is 0 Å². The minimum atomic E-state index is -4.15. The Bertz CT molecular complexity index is 200. The maximum atomic E-state index is 10.8. The third-order valence-corrected chi connectivity index (χ3v) is 1.96. The summed E-state index contributed by atoms with van der Waals surface area (Å²) in [6.45, 7) is 4.69. The van der Waals surface area contributed by atoms with Crippen LogP contribution in [-0.2, 0) is 18.4 Å². The fourth-order valence-corrected chi connectivity index (χ4v) is 1.23. The highest BCUT2D eigenvalue weighted by atomic mass is 31.2. The summed E-state index contributed by atoms with van der Waals surface area (Å²) in [5.41, 5.74) is 0. The quantitative estimate of drug-likeness (QED) is 0.686. The van der Waals surface area contributed by atoms with Crippen LogP contribution in [-0.4, -0.2) is 17.5 Å². The van der Waals surface area contributed by atoms with E-state index in [2.05, 4.69) is 9.05 Å².